The third-order valence-corrected chi connectivity index (χ3v) is 4.45. The van der Waals surface area contributed by atoms with Gasteiger partial charge >= 0.3 is 5.97 Å². The van der Waals surface area contributed by atoms with E-state index in [1.54, 1.807) is 26.0 Å². The van der Waals surface area contributed by atoms with Gasteiger partial charge in [0.05, 0.1) is 6.61 Å². The van der Waals surface area contributed by atoms with Gasteiger partial charge in [-0.2, -0.15) is 0 Å². The van der Waals surface area contributed by atoms with Crippen molar-refractivity contribution < 1.29 is 18.7 Å². The summed E-state index contributed by atoms with van der Waals surface area (Å²) in [4.78, 5) is 23.9. The second-order valence-electron chi connectivity index (χ2n) is 7.78. The van der Waals surface area contributed by atoms with E-state index in [0.29, 0.717) is 12.2 Å². The molecule has 1 atom stereocenters. The van der Waals surface area contributed by atoms with Crippen molar-refractivity contribution >= 4 is 11.9 Å². The van der Waals surface area contributed by atoms with E-state index in [1.165, 1.54) is 16.7 Å². The molecule has 1 N–H and O–H groups in total. The molecule has 0 saturated heterocycles. The summed E-state index contributed by atoms with van der Waals surface area (Å²) in [5.74, 6) is -0.00177. The predicted molar refractivity (Wildman–Crippen MR) is 105 cm³/mol. The van der Waals surface area contributed by atoms with Gasteiger partial charge in [0.15, 0.2) is 5.76 Å². The first kappa shape index (κ1) is 20.7. The van der Waals surface area contributed by atoms with Crippen molar-refractivity contribution in [2.45, 2.75) is 59.4 Å². The highest BCUT2D eigenvalue weighted by Crippen LogP contribution is 2.26. The highest BCUT2D eigenvalue weighted by Gasteiger charge is 2.20. The Kier molecular flexibility index (Phi) is 6.47. The van der Waals surface area contributed by atoms with Crippen LogP contribution in [-0.2, 0) is 21.4 Å². The summed E-state index contributed by atoms with van der Waals surface area (Å²) in [7, 11) is 0. The number of esters is 1. The fourth-order valence-electron chi connectivity index (χ4n) is 2.71. The van der Waals surface area contributed by atoms with E-state index in [0.717, 1.165) is 0 Å². The number of furan rings is 1. The van der Waals surface area contributed by atoms with Crippen molar-refractivity contribution in [3.05, 3.63) is 58.5 Å². The fraction of sp³-hybridized carbons (Fsp3) is 0.455. The first-order valence-electron chi connectivity index (χ1n) is 9.28. The molecule has 146 valence electrons. The smallest absolute Gasteiger partial charge is 0.328 e. The largest absolute Gasteiger partial charge is 0.464 e. The second kappa shape index (κ2) is 8.42. The maximum absolute atomic E-state index is 12.3. The van der Waals surface area contributed by atoms with Gasteiger partial charge in [-0.3, -0.25) is 4.79 Å². The number of hydrogen-bond donors (Lipinski definition) is 1. The topological polar surface area (TPSA) is 68.5 Å². The molecule has 1 unspecified atom stereocenters. The van der Waals surface area contributed by atoms with Gasteiger partial charge < -0.3 is 14.5 Å². The highest BCUT2D eigenvalue weighted by molar-refractivity contribution is 5.94. The van der Waals surface area contributed by atoms with Crippen molar-refractivity contribution in [2.75, 3.05) is 6.61 Å². The molecule has 5 nitrogen and oxygen atoms in total. The quantitative estimate of drug-likeness (QED) is 0.774. The molecule has 5 heteroatoms. The van der Waals surface area contributed by atoms with Crippen molar-refractivity contribution in [3.8, 4) is 0 Å². The van der Waals surface area contributed by atoms with Crippen LogP contribution in [-0.4, -0.2) is 24.5 Å². The molecular formula is C22H29NO4. The minimum atomic E-state index is -0.725. The summed E-state index contributed by atoms with van der Waals surface area (Å²) in [5, 5.41) is 2.59. The summed E-state index contributed by atoms with van der Waals surface area (Å²) < 4.78 is 10.6. The Morgan fingerprint density at radius 3 is 2.52 bits per heavy atom. The Labute approximate surface area is 161 Å². The molecule has 1 aromatic carbocycles. The number of rotatable bonds is 6. The van der Waals surface area contributed by atoms with Gasteiger partial charge in [-0.05, 0) is 55.0 Å². The van der Waals surface area contributed by atoms with Gasteiger partial charge in [-0.25, -0.2) is 4.79 Å². The number of hydrogen-bond acceptors (Lipinski definition) is 4. The lowest BCUT2D eigenvalue weighted by atomic mass is 9.85. The predicted octanol–water partition coefficient (Wildman–Crippen LogP) is 4.16. The highest BCUT2D eigenvalue weighted by atomic mass is 16.5. The van der Waals surface area contributed by atoms with Crippen LogP contribution in [0.5, 0.6) is 0 Å². The molecule has 1 amide bonds. The third kappa shape index (κ3) is 5.46. The molecule has 0 saturated carbocycles. The van der Waals surface area contributed by atoms with Crippen LogP contribution in [0.25, 0.3) is 0 Å². The van der Waals surface area contributed by atoms with Crippen LogP contribution in [0, 0.1) is 6.92 Å². The molecule has 2 rings (SSSR count). The van der Waals surface area contributed by atoms with Gasteiger partial charge in [0.2, 0.25) is 0 Å². The van der Waals surface area contributed by atoms with E-state index in [4.69, 9.17) is 9.15 Å². The number of amides is 1. The Morgan fingerprint density at radius 2 is 1.89 bits per heavy atom. The Balaban J connectivity index is 2.10. The molecule has 0 aliphatic carbocycles. The second-order valence-corrected chi connectivity index (χ2v) is 7.78. The van der Waals surface area contributed by atoms with Gasteiger partial charge in [0, 0.05) is 6.42 Å². The molecule has 2 aromatic rings. The summed E-state index contributed by atoms with van der Waals surface area (Å²) in [5.41, 5.74) is 3.68. The van der Waals surface area contributed by atoms with Gasteiger partial charge in [0.25, 0.3) is 5.91 Å². The number of benzene rings is 1. The maximum Gasteiger partial charge on any atom is 0.328 e. The van der Waals surface area contributed by atoms with Gasteiger partial charge in [-0.15, -0.1) is 0 Å². The lowest BCUT2D eigenvalue weighted by molar-refractivity contribution is -0.144. The van der Waals surface area contributed by atoms with Crippen LogP contribution >= 0.6 is 0 Å². The van der Waals surface area contributed by atoms with E-state index in [2.05, 4.69) is 51.2 Å². The van der Waals surface area contributed by atoms with Crippen LogP contribution in [0.2, 0.25) is 0 Å². The number of aryl methyl sites for hydroxylation is 1. The van der Waals surface area contributed by atoms with Crippen LogP contribution < -0.4 is 5.32 Å². The van der Waals surface area contributed by atoms with Crippen LogP contribution in [0.15, 0.2) is 34.7 Å². The van der Waals surface area contributed by atoms with Crippen LogP contribution in [0.3, 0.4) is 0 Å². The lowest BCUT2D eigenvalue weighted by Crippen LogP contribution is -2.39. The molecular weight excluding hydrogens is 342 g/mol. The summed E-state index contributed by atoms with van der Waals surface area (Å²) in [6.07, 6.45) is 0.608. The van der Waals surface area contributed by atoms with Crippen molar-refractivity contribution in [2.24, 2.45) is 0 Å². The molecule has 0 spiro atoms. The zero-order valence-electron chi connectivity index (χ0n) is 17.0. The maximum atomic E-state index is 12.3. The summed E-state index contributed by atoms with van der Waals surface area (Å²) in [6, 6.07) is 9.17. The van der Waals surface area contributed by atoms with E-state index in [-0.39, 0.29) is 17.8 Å². The monoisotopic (exact) mass is 371 g/mol. The Bertz CT molecular complexity index is 814. The van der Waals surface area contributed by atoms with Gasteiger partial charge in [-0.1, -0.05) is 39.0 Å². The zero-order valence-corrected chi connectivity index (χ0v) is 17.0. The summed E-state index contributed by atoms with van der Waals surface area (Å²) >= 11 is 0. The van der Waals surface area contributed by atoms with Crippen LogP contribution in [0.1, 0.15) is 67.6 Å². The minimum absolute atomic E-state index is 0.0693. The SMILES string of the molecule is CCOC(=O)C(C)NC(=O)c1ccc(Cc2cc(C(C)(C)C)ccc2C)o1. The van der Waals surface area contributed by atoms with Crippen molar-refractivity contribution in [1.82, 2.24) is 5.32 Å². The van der Waals surface area contributed by atoms with Crippen LogP contribution in [0.4, 0.5) is 0 Å². The lowest BCUT2D eigenvalue weighted by Gasteiger charge is -2.20. The average molecular weight is 371 g/mol. The Hall–Kier alpha value is -2.56. The number of nitrogens with one attached hydrogen (secondary N) is 1. The zero-order chi connectivity index (χ0) is 20.2. The molecule has 0 aliphatic rings. The molecule has 27 heavy (non-hydrogen) atoms. The van der Waals surface area contributed by atoms with Crippen molar-refractivity contribution in [3.63, 3.8) is 0 Å². The third-order valence-electron chi connectivity index (χ3n) is 4.45. The molecule has 0 aliphatic heterocycles. The first-order valence-corrected chi connectivity index (χ1v) is 9.28. The molecule has 1 heterocycles. The van der Waals surface area contributed by atoms with E-state index < -0.39 is 17.9 Å². The first-order chi connectivity index (χ1) is 12.6. The average Bonchev–Trinajstić information content (AvgIpc) is 3.04. The van der Waals surface area contributed by atoms with Crippen molar-refractivity contribution in [1.29, 1.82) is 0 Å². The molecule has 0 bridgehead atoms. The Morgan fingerprint density at radius 1 is 1.19 bits per heavy atom. The fourth-order valence-corrected chi connectivity index (χ4v) is 2.71. The standard InChI is InChI=1S/C22H29NO4/c1-7-26-21(25)15(3)23-20(24)19-11-10-18(27-19)13-16-12-17(22(4,5)6)9-8-14(16)2/h8-12,15H,7,13H2,1-6H3,(H,23,24). The normalized spacial score (nSPS) is 12.5. The van der Waals surface area contributed by atoms with E-state index >= 15 is 0 Å². The molecule has 1 aromatic heterocycles. The number of ether oxygens (including phenoxy) is 1. The number of carbonyl (C=O) groups excluding carboxylic acids is 2. The molecule has 0 fully saturated rings. The molecule has 0 radical (unpaired) electrons. The summed E-state index contributed by atoms with van der Waals surface area (Å²) in [6.45, 7) is 12.2. The van der Waals surface area contributed by atoms with E-state index in [9.17, 15) is 9.59 Å². The van der Waals surface area contributed by atoms with Gasteiger partial charge in [0.1, 0.15) is 11.8 Å². The van der Waals surface area contributed by atoms with E-state index in [1.807, 2.05) is 0 Å². The number of carbonyl (C=O) groups is 2. The minimum Gasteiger partial charge on any atom is -0.464 e.